The number of aromatic nitrogens is 3. The molecule has 4 atom stereocenters. The molecule has 0 N–H and O–H groups in total. The topological polar surface area (TPSA) is 113 Å². The van der Waals surface area contributed by atoms with Crippen molar-refractivity contribution in [2.24, 2.45) is 23.2 Å². The van der Waals surface area contributed by atoms with Crippen LogP contribution in [0.1, 0.15) is 48.5 Å². The van der Waals surface area contributed by atoms with E-state index in [0.29, 0.717) is 17.6 Å². The van der Waals surface area contributed by atoms with Gasteiger partial charge < -0.3 is 18.9 Å². The van der Waals surface area contributed by atoms with E-state index in [1.807, 2.05) is 19.2 Å². The fourth-order valence-corrected chi connectivity index (χ4v) is 5.17. The molecule has 1 aliphatic heterocycles. The zero-order valence-corrected chi connectivity index (χ0v) is 24.3. The number of fused-ring (bicyclic) bond motifs is 1. The van der Waals surface area contributed by atoms with Crippen LogP contribution in [-0.2, 0) is 23.5 Å². The van der Waals surface area contributed by atoms with Gasteiger partial charge in [0.15, 0.2) is 0 Å². The first kappa shape index (κ1) is 28.8. The summed E-state index contributed by atoms with van der Waals surface area (Å²) in [6.07, 6.45) is 0. The van der Waals surface area contributed by atoms with Gasteiger partial charge in [-0.05, 0) is 69.5 Å². The average molecular weight is 532 g/mol. The van der Waals surface area contributed by atoms with Crippen molar-refractivity contribution in [1.82, 2.24) is 20.1 Å². The molecule has 2 aromatic rings. The van der Waals surface area contributed by atoms with Gasteiger partial charge in [-0.25, -0.2) is 4.79 Å². The van der Waals surface area contributed by atoms with Crippen LogP contribution in [0.2, 0.25) is 13.1 Å². The lowest BCUT2D eigenvalue weighted by Gasteiger charge is -2.54. The molecule has 0 saturated carbocycles. The van der Waals surface area contributed by atoms with E-state index in [-0.39, 0.29) is 23.8 Å². The van der Waals surface area contributed by atoms with Gasteiger partial charge in [0.05, 0.1) is 17.9 Å². The number of para-hydroxylation sites is 1. The smallest absolute Gasteiger partial charge is 0.339 e. The van der Waals surface area contributed by atoms with Crippen molar-refractivity contribution in [3.8, 4) is 0 Å². The van der Waals surface area contributed by atoms with Gasteiger partial charge in [0, 0.05) is 6.61 Å². The van der Waals surface area contributed by atoms with E-state index in [1.165, 1.54) is 4.90 Å². The van der Waals surface area contributed by atoms with Crippen molar-refractivity contribution in [1.29, 1.82) is 0 Å². The monoisotopic (exact) mass is 531 g/mol. The number of nitrogens with zero attached hydrogens (tertiary/aromatic N) is 4. The summed E-state index contributed by atoms with van der Waals surface area (Å²) >= 11 is 0. The number of hydrogen-bond donors (Lipinski definition) is 0. The average Bonchev–Trinajstić information content (AvgIpc) is 3.17. The number of benzene rings is 1. The summed E-state index contributed by atoms with van der Waals surface area (Å²) in [6, 6.07) is 6.57. The predicted molar refractivity (Wildman–Crippen MR) is 139 cm³/mol. The second-order valence-corrected chi connectivity index (χ2v) is 14.0. The Morgan fingerprint density at radius 3 is 2.35 bits per heavy atom. The molecule has 1 saturated heterocycles. The minimum absolute atomic E-state index is 0.165. The summed E-state index contributed by atoms with van der Waals surface area (Å²) in [4.78, 5) is 47.6. The third-order valence-corrected chi connectivity index (χ3v) is 7.24. The fourth-order valence-electron chi connectivity index (χ4n) is 4.65. The van der Waals surface area contributed by atoms with Gasteiger partial charge in [-0.2, -0.15) is 0 Å². The Bertz CT molecular complexity index is 1140. The summed E-state index contributed by atoms with van der Waals surface area (Å²) in [6.45, 7) is 17.4. The quantitative estimate of drug-likeness (QED) is 0.210. The van der Waals surface area contributed by atoms with Gasteiger partial charge in [-0.3, -0.25) is 9.59 Å². The highest BCUT2D eigenvalue weighted by atomic mass is 28.3. The van der Waals surface area contributed by atoms with Crippen LogP contribution in [0.25, 0.3) is 11.0 Å². The van der Waals surface area contributed by atoms with E-state index < -0.39 is 44.5 Å². The molecule has 37 heavy (non-hydrogen) atoms. The van der Waals surface area contributed by atoms with Crippen molar-refractivity contribution in [2.45, 2.75) is 73.2 Å². The van der Waals surface area contributed by atoms with Crippen LogP contribution < -0.4 is 4.84 Å². The molecule has 2 heterocycles. The molecule has 0 spiro atoms. The lowest BCUT2D eigenvalue weighted by molar-refractivity contribution is -0.184. The second-order valence-electron chi connectivity index (χ2n) is 11.9. The molecular weight excluding hydrogens is 492 g/mol. The largest absolute Gasteiger partial charge is 0.459 e. The Morgan fingerprint density at radius 2 is 1.76 bits per heavy atom. The number of carbonyl (C=O) groups is 3. The molecule has 1 amide bonds. The zero-order valence-electron chi connectivity index (χ0n) is 23.3. The van der Waals surface area contributed by atoms with E-state index in [0.717, 1.165) is 4.85 Å². The number of esters is 1. The van der Waals surface area contributed by atoms with Crippen molar-refractivity contribution in [3.05, 3.63) is 24.3 Å². The first-order valence-electron chi connectivity index (χ1n) is 12.6. The number of rotatable bonds is 9. The summed E-state index contributed by atoms with van der Waals surface area (Å²) in [7, 11) is -0.993. The molecule has 1 fully saturated rings. The molecule has 11 heteroatoms. The maximum Gasteiger partial charge on any atom is 0.339 e. The number of β-lactam (4-membered cyclic amide) rings is 1. The van der Waals surface area contributed by atoms with Gasteiger partial charge in [0.1, 0.15) is 23.2 Å². The first-order chi connectivity index (χ1) is 17.1. The summed E-state index contributed by atoms with van der Waals surface area (Å²) in [5.74, 6) is -2.71. The number of likely N-dealkylation sites (tertiary alicyclic amines) is 1. The van der Waals surface area contributed by atoms with Crippen molar-refractivity contribution >= 4 is 37.9 Å². The molecule has 0 aliphatic carbocycles. The molecule has 0 unspecified atom stereocenters. The molecule has 0 bridgehead atoms. The number of carbonyl (C=O) groups excluding carboxylic acids is 3. The lowest BCUT2D eigenvalue weighted by Crippen LogP contribution is -2.69. The van der Waals surface area contributed by atoms with E-state index in [1.54, 1.807) is 45.9 Å². The number of hydrogen-bond acceptors (Lipinski definition) is 8. The van der Waals surface area contributed by atoms with Crippen LogP contribution in [0.3, 0.4) is 0 Å². The summed E-state index contributed by atoms with van der Waals surface area (Å²) in [5.41, 5.74) is 0.171. The van der Waals surface area contributed by atoms with Crippen molar-refractivity contribution in [2.75, 3.05) is 13.2 Å². The highest BCUT2D eigenvalue weighted by Gasteiger charge is 2.57. The zero-order chi connectivity index (χ0) is 27.7. The third kappa shape index (κ3) is 6.75. The molecule has 1 radical (unpaired) electrons. The SMILES string of the molecule is C[C@@H](C(=O)On1nnc2ccccc21)[C@@H]1[C@H]([C@@H](CO[Si](C)C)C(C)(C)C)C(=O)N1CC(=O)OC(C)(C)C. The van der Waals surface area contributed by atoms with E-state index in [4.69, 9.17) is 14.0 Å². The van der Waals surface area contributed by atoms with Crippen LogP contribution in [0.5, 0.6) is 0 Å². The third-order valence-electron chi connectivity index (χ3n) is 6.49. The Morgan fingerprint density at radius 1 is 1.11 bits per heavy atom. The first-order valence-corrected chi connectivity index (χ1v) is 15.0. The minimum atomic E-state index is -0.993. The molecule has 203 valence electrons. The minimum Gasteiger partial charge on any atom is -0.459 e. The van der Waals surface area contributed by atoms with Crippen molar-refractivity contribution < 1.29 is 28.4 Å². The number of amides is 1. The summed E-state index contributed by atoms with van der Waals surface area (Å²) < 4.78 is 11.5. The predicted octanol–water partition coefficient (Wildman–Crippen LogP) is 3.12. The van der Waals surface area contributed by atoms with Crippen LogP contribution in [-0.4, -0.2) is 71.7 Å². The molecule has 3 rings (SSSR count). The van der Waals surface area contributed by atoms with Gasteiger partial charge >= 0.3 is 11.9 Å². The maximum absolute atomic E-state index is 13.5. The molecule has 10 nitrogen and oxygen atoms in total. The Labute approximate surface area is 220 Å². The van der Waals surface area contributed by atoms with Crippen molar-refractivity contribution in [3.63, 3.8) is 0 Å². The number of ether oxygens (including phenoxy) is 1. The van der Waals surface area contributed by atoms with E-state index in [9.17, 15) is 14.4 Å². The Hall–Kier alpha value is -2.79. The fraction of sp³-hybridized carbons (Fsp3) is 0.654. The van der Waals surface area contributed by atoms with Crippen LogP contribution >= 0.6 is 0 Å². The Kier molecular flexibility index (Phi) is 8.48. The van der Waals surface area contributed by atoms with Gasteiger partial charge in [-0.1, -0.05) is 37.7 Å². The van der Waals surface area contributed by atoms with E-state index >= 15 is 0 Å². The lowest BCUT2D eigenvalue weighted by atomic mass is 9.64. The van der Waals surface area contributed by atoms with Crippen LogP contribution in [0, 0.1) is 23.2 Å². The van der Waals surface area contributed by atoms with E-state index in [2.05, 4.69) is 31.1 Å². The molecule has 1 aromatic carbocycles. The molecule has 1 aliphatic rings. The van der Waals surface area contributed by atoms with Gasteiger partial charge in [0.2, 0.25) is 14.9 Å². The highest BCUT2D eigenvalue weighted by Crippen LogP contribution is 2.44. The standard InChI is InChI=1S/C26H39N4O6Si/c1-16(24(33)36-30-19-13-11-10-12-18(19)27-28-30)22-21(17(25(2,3)4)15-34-37(8)9)23(32)29(22)14-20(31)35-26(5,6)7/h10-13,16-17,21-22H,14-15H2,1-9H3/t16-,17-,21+,22-/m1/s1. The van der Waals surface area contributed by atoms with Gasteiger partial charge in [0.25, 0.3) is 0 Å². The normalized spacial score (nSPS) is 20.1. The molecular formula is C26H39N4O6Si. The van der Waals surface area contributed by atoms with Crippen LogP contribution in [0.15, 0.2) is 24.3 Å². The summed E-state index contributed by atoms with van der Waals surface area (Å²) in [5, 5.41) is 7.96. The van der Waals surface area contributed by atoms with Gasteiger partial charge in [-0.15, -0.1) is 5.10 Å². The Balaban J connectivity index is 1.89. The molecule has 1 aromatic heterocycles. The highest BCUT2D eigenvalue weighted by molar-refractivity contribution is 6.48. The maximum atomic E-state index is 13.5. The second kappa shape index (κ2) is 10.9. The van der Waals surface area contributed by atoms with Crippen LogP contribution in [0.4, 0.5) is 0 Å².